The van der Waals surface area contributed by atoms with Gasteiger partial charge in [-0.2, -0.15) is 0 Å². The third-order valence-electron chi connectivity index (χ3n) is 2.77. The van der Waals surface area contributed by atoms with Crippen molar-refractivity contribution in [1.82, 2.24) is 10.3 Å². The van der Waals surface area contributed by atoms with Crippen molar-refractivity contribution in [2.75, 3.05) is 6.54 Å². The van der Waals surface area contributed by atoms with Crippen LogP contribution < -0.4 is 11.1 Å². The van der Waals surface area contributed by atoms with Gasteiger partial charge in [-0.25, -0.2) is 0 Å². The molecule has 1 aromatic carbocycles. The van der Waals surface area contributed by atoms with E-state index < -0.39 is 0 Å². The number of nitrogens with two attached hydrogens (primary N) is 1. The predicted molar refractivity (Wildman–Crippen MR) is 74.0 cm³/mol. The Hall–Kier alpha value is -1.52. The molecule has 0 aliphatic carbocycles. The quantitative estimate of drug-likeness (QED) is 0.796. The summed E-state index contributed by atoms with van der Waals surface area (Å²) in [5.41, 5.74) is 7.89. The van der Waals surface area contributed by atoms with E-state index in [2.05, 4.69) is 10.3 Å². The fourth-order valence-electron chi connectivity index (χ4n) is 1.96. The summed E-state index contributed by atoms with van der Waals surface area (Å²) in [5, 5.41) is 4.14. The molecule has 0 aliphatic rings. The van der Waals surface area contributed by atoms with Gasteiger partial charge in [0.1, 0.15) is 0 Å². The summed E-state index contributed by atoms with van der Waals surface area (Å²) in [6, 6.07) is 5.45. The molecule has 1 atom stereocenters. The summed E-state index contributed by atoms with van der Waals surface area (Å²) < 4.78 is 0. The van der Waals surface area contributed by atoms with E-state index in [-0.39, 0.29) is 11.9 Å². The Bertz CT molecular complexity index is 589. The lowest BCUT2D eigenvalue weighted by molar-refractivity contribution is 0.0953. The average molecular weight is 266 g/mol. The Morgan fingerprint density at radius 1 is 1.56 bits per heavy atom. The number of hydrogen-bond acceptors (Lipinski definition) is 2. The normalized spacial score (nSPS) is 12.7. The van der Waals surface area contributed by atoms with Gasteiger partial charge in [-0.05, 0) is 26.0 Å². The van der Waals surface area contributed by atoms with Crippen LogP contribution in [0.25, 0.3) is 10.9 Å². The third-order valence-corrected chi connectivity index (χ3v) is 3.09. The van der Waals surface area contributed by atoms with Crippen LogP contribution in [0.15, 0.2) is 18.2 Å². The molecule has 1 heterocycles. The van der Waals surface area contributed by atoms with Crippen LogP contribution in [0.2, 0.25) is 5.02 Å². The fourth-order valence-corrected chi connectivity index (χ4v) is 2.23. The smallest absolute Gasteiger partial charge is 0.253 e. The number of carbonyl (C=O) groups excluding carboxylic acids is 1. The second-order valence-electron chi connectivity index (χ2n) is 4.47. The minimum absolute atomic E-state index is 0.0741. The maximum absolute atomic E-state index is 12.2. The molecule has 0 fully saturated rings. The molecule has 1 unspecified atom stereocenters. The molecule has 0 spiro atoms. The van der Waals surface area contributed by atoms with Crippen molar-refractivity contribution < 1.29 is 4.79 Å². The number of rotatable bonds is 3. The highest BCUT2D eigenvalue weighted by atomic mass is 35.5. The molecule has 0 saturated heterocycles. The van der Waals surface area contributed by atoms with Gasteiger partial charge in [-0.15, -0.1) is 0 Å². The molecule has 0 saturated carbocycles. The Kier molecular flexibility index (Phi) is 3.59. The molecule has 0 bridgehead atoms. The summed E-state index contributed by atoms with van der Waals surface area (Å²) in [5.74, 6) is -0.149. The molecular formula is C13H16ClN3O. The molecule has 5 heteroatoms. The standard InChI is InChI=1S/C13H16ClN3O/c1-7(15)6-16-13(18)11-8(2)17-10-5-3-4-9(14)12(10)11/h3-5,7,17H,6,15H2,1-2H3,(H,16,18). The van der Waals surface area contributed by atoms with Crippen LogP contribution in [-0.4, -0.2) is 23.5 Å². The van der Waals surface area contributed by atoms with Crippen LogP contribution >= 0.6 is 11.6 Å². The molecule has 4 N–H and O–H groups in total. The molecule has 96 valence electrons. The zero-order chi connectivity index (χ0) is 13.3. The van der Waals surface area contributed by atoms with E-state index in [1.807, 2.05) is 26.0 Å². The van der Waals surface area contributed by atoms with Gasteiger partial charge in [0, 0.05) is 29.2 Å². The maximum Gasteiger partial charge on any atom is 0.253 e. The van der Waals surface area contributed by atoms with Gasteiger partial charge in [0.15, 0.2) is 0 Å². The molecule has 2 rings (SSSR count). The summed E-state index contributed by atoms with van der Waals surface area (Å²) in [7, 11) is 0. The average Bonchev–Trinajstić information content (AvgIpc) is 2.63. The highest BCUT2D eigenvalue weighted by Crippen LogP contribution is 2.28. The van der Waals surface area contributed by atoms with Crippen molar-refractivity contribution in [1.29, 1.82) is 0 Å². The molecule has 4 nitrogen and oxygen atoms in total. The number of hydrogen-bond donors (Lipinski definition) is 3. The van der Waals surface area contributed by atoms with Gasteiger partial charge in [-0.3, -0.25) is 4.79 Å². The van der Waals surface area contributed by atoms with Crippen molar-refractivity contribution in [3.8, 4) is 0 Å². The van der Waals surface area contributed by atoms with Crippen LogP contribution in [0, 0.1) is 6.92 Å². The molecule has 1 amide bonds. The molecular weight excluding hydrogens is 250 g/mol. The van der Waals surface area contributed by atoms with Gasteiger partial charge in [0.05, 0.1) is 10.6 Å². The summed E-state index contributed by atoms with van der Waals surface area (Å²) in [6.07, 6.45) is 0. The first-order valence-corrected chi connectivity index (χ1v) is 6.19. The highest BCUT2D eigenvalue weighted by molar-refractivity contribution is 6.37. The van der Waals surface area contributed by atoms with Crippen LogP contribution in [0.4, 0.5) is 0 Å². The molecule has 0 radical (unpaired) electrons. The largest absolute Gasteiger partial charge is 0.358 e. The molecule has 0 aliphatic heterocycles. The van der Waals surface area contributed by atoms with Crippen molar-refractivity contribution in [2.45, 2.75) is 19.9 Å². The summed E-state index contributed by atoms with van der Waals surface area (Å²) in [6.45, 7) is 4.14. The van der Waals surface area contributed by atoms with Gasteiger partial charge in [-0.1, -0.05) is 17.7 Å². The van der Waals surface area contributed by atoms with Crippen LogP contribution in [0.1, 0.15) is 23.0 Å². The lowest BCUT2D eigenvalue weighted by Gasteiger charge is -2.08. The number of H-pyrrole nitrogens is 1. The van der Waals surface area contributed by atoms with Gasteiger partial charge < -0.3 is 16.0 Å². The number of fused-ring (bicyclic) bond motifs is 1. The van der Waals surface area contributed by atoms with Gasteiger partial charge in [0.2, 0.25) is 0 Å². The minimum Gasteiger partial charge on any atom is -0.358 e. The first-order chi connectivity index (χ1) is 8.50. The Morgan fingerprint density at radius 3 is 2.94 bits per heavy atom. The number of aromatic amines is 1. The van der Waals surface area contributed by atoms with E-state index in [9.17, 15) is 4.79 Å². The molecule has 1 aromatic heterocycles. The fraction of sp³-hybridized carbons (Fsp3) is 0.308. The van der Waals surface area contributed by atoms with Gasteiger partial charge >= 0.3 is 0 Å². The zero-order valence-electron chi connectivity index (χ0n) is 10.4. The van der Waals surface area contributed by atoms with Crippen LogP contribution in [0.5, 0.6) is 0 Å². The van der Waals surface area contributed by atoms with E-state index in [0.29, 0.717) is 17.1 Å². The molecule has 18 heavy (non-hydrogen) atoms. The maximum atomic E-state index is 12.2. The first kappa shape index (κ1) is 12.9. The summed E-state index contributed by atoms with van der Waals surface area (Å²) >= 11 is 6.16. The second kappa shape index (κ2) is 5.00. The number of aryl methyl sites for hydroxylation is 1. The van der Waals surface area contributed by atoms with Crippen LogP contribution in [0.3, 0.4) is 0 Å². The minimum atomic E-state index is -0.149. The number of amides is 1. The monoisotopic (exact) mass is 265 g/mol. The Labute approximate surface area is 111 Å². The Balaban J connectivity index is 2.43. The van der Waals surface area contributed by atoms with Crippen molar-refractivity contribution in [2.24, 2.45) is 5.73 Å². The lowest BCUT2D eigenvalue weighted by Crippen LogP contribution is -2.35. The number of halogens is 1. The van der Waals surface area contributed by atoms with E-state index in [1.54, 1.807) is 6.07 Å². The SMILES string of the molecule is Cc1[nH]c2cccc(Cl)c2c1C(=O)NCC(C)N. The molecule has 2 aromatic rings. The second-order valence-corrected chi connectivity index (χ2v) is 4.88. The predicted octanol–water partition coefficient (Wildman–Crippen LogP) is 2.21. The van der Waals surface area contributed by atoms with Gasteiger partial charge in [0.25, 0.3) is 5.91 Å². The van der Waals surface area contributed by atoms with E-state index in [4.69, 9.17) is 17.3 Å². The van der Waals surface area contributed by atoms with Crippen LogP contribution in [-0.2, 0) is 0 Å². The number of benzene rings is 1. The van der Waals surface area contributed by atoms with Crippen molar-refractivity contribution in [3.05, 3.63) is 34.5 Å². The van der Waals surface area contributed by atoms with Crippen molar-refractivity contribution >= 4 is 28.4 Å². The third kappa shape index (κ3) is 2.35. The number of aromatic nitrogens is 1. The topological polar surface area (TPSA) is 70.9 Å². The van der Waals surface area contributed by atoms with E-state index in [1.165, 1.54) is 0 Å². The number of nitrogens with one attached hydrogen (secondary N) is 2. The summed E-state index contributed by atoms with van der Waals surface area (Å²) in [4.78, 5) is 15.3. The lowest BCUT2D eigenvalue weighted by atomic mass is 10.1. The highest BCUT2D eigenvalue weighted by Gasteiger charge is 2.17. The first-order valence-electron chi connectivity index (χ1n) is 5.81. The Morgan fingerprint density at radius 2 is 2.28 bits per heavy atom. The van der Waals surface area contributed by atoms with Crippen molar-refractivity contribution in [3.63, 3.8) is 0 Å². The number of carbonyl (C=O) groups is 1. The van der Waals surface area contributed by atoms with E-state index >= 15 is 0 Å². The zero-order valence-corrected chi connectivity index (χ0v) is 11.1. The van der Waals surface area contributed by atoms with E-state index in [0.717, 1.165) is 16.6 Å².